The van der Waals surface area contributed by atoms with Crippen LogP contribution in [0.2, 0.25) is 0 Å². The lowest BCUT2D eigenvalue weighted by atomic mass is 10.1. The molecule has 0 heterocycles. The average Bonchev–Trinajstić information content (AvgIpc) is 3.35. The molecule has 6 heteroatoms. The van der Waals surface area contributed by atoms with Crippen molar-refractivity contribution < 1.29 is 28.6 Å². The maximum absolute atomic E-state index is 12.9. The number of carbonyl (C=O) groups is 3. The van der Waals surface area contributed by atoms with Gasteiger partial charge in [0.15, 0.2) is 6.10 Å². The molecule has 0 aromatic carbocycles. The van der Waals surface area contributed by atoms with Gasteiger partial charge >= 0.3 is 17.9 Å². The third-order valence-electron chi connectivity index (χ3n) is 11.7. The van der Waals surface area contributed by atoms with Crippen molar-refractivity contribution in [1.29, 1.82) is 0 Å². The molecule has 6 nitrogen and oxygen atoms in total. The minimum atomic E-state index is -0.812. The molecule has 1 atom stereocenters. The minimum Gasteiger partial charge on any atom is -0.462 e. The van der Waals surface area contributed by atoms with Gasteiger partial charge in [0.2, 0.25) is 0 Å². The summed E-state index contributed by atoms with van der Waals surface area (Å²) in [6, 6.07) is 0. The largest absolute Gasteiger partial charge is 0.462 e. The highest BCUT2D eigenvalue weighted by Gasteiger charge is 2.19. The van der Waals surface area contributed by atoms with Crippen molar-refractivity contribution in [1.82, 2.24) is 0 Å². The molecular formula is C63H104O6. The highest BCUT2D eigenvalue weighted by molar-refractivity contribution is 5.71. The Hall–Kier alpha value is -3.93. The molecular weight excluding hydrogens is 853 g/mol. The van der Waals surface area contributed by atoms with Gasteiger partial charge in [0.1, 0.15) is 13.2 Å². The molecule has 0 amide bonds. The maximum atomic E-state index is 12.9. The van der Waals surface area contributed by atoms with Gasteiger partial charge in [-0.05, 0) is 122 Å². The van der Waals surface area contributed by atoms with Gasteiger partial charge in [0.25, 0.3) is 0 Å². The van der Waals surface area contributed by atoms with E-state index < -0.39 is 6.10 Å². The first-order chi connectivity index (χ1) is 34.0. The number of hydrogen-bond donors (Lipinski definition) is 0. The van der Waals surface area contributed by atoms with Crippen LogP contribution in [-0.2, 0) is 28.6 Å². The quantitative estimate of drug-likeness (QED) is 0.0262. The number of rotatable bonds is 50. The third-order valence-corrected chi connectivity index (χ3v) is 11.7. The molecule has 0 aliphatic carbocycles. The van der Waals surface area contributed by atoms with Gasteiger partial charge in [-0.3, -0.25) is 14.4 Å². The molecule has 0 bridgehead atoms. The maximum Gasteiger partial charge on any atom is 0.306 e. The number of carbonyl (C=O) groups excluding carboxylic acids is 3. The molecule has 0 saturated carbocycles. The van der Waals surface area contributed by atoms with Crippen LogP contribution in [0, 0.1) is 0 Å². The summed E-state index contributed by atoms with van der Waals surface area (Å²) in [7, 11) is 0. The number of esters is 3. The zero-order chi connectivity index (χ0) is 50.0. The van der Waals surface area contributed by atoms with Crippen molar-refractivity contribution in [2.24, 2.45) is 0 Å². The topological polar surface area (TPSA) is 78.9 Å². The first kappa shape index (κ1) is 65.1. The van der Waals surface area contributed by atoms with E-state index in [0.29, 0.717) is 19.3 Å². The Morgan fingerprint density at radius 3 is 0.942 bits per heavy atom. The Morgan fingerprint density at radius 2 is 0.580 bits per heavy atom. The molecule has 0 saturated heterocycles. The molecule has 0 aliphatic heterocycles. The van der Waals surface area contributed by atoms with Crippen molar-refractivity contribution in [3.8, 4) is 0 Å². The number of hydrogen-bond acceptors (Lipinski definition) is 6. The Labute approximate surface area is 425 Å². The van der Waals surface area contributed by atoms with Gasteiger partial charge in [-0.2, -0.15) is 0 Å². The van der Waals surface area contributed by atoms with Crippen LogP contribution >= 0.6 is 0 Å². The molecule has 0 N–H and O–H groups in total. The fourth-order valence-electron chi connectivity index (χ4n) is 7.48. The van der Waals surface area contributed by atoms with E-state index in [1.54, 1.807) is 0 Å². The van der Waals surface area contributed by atoms with Gasteiger partial charge in [-0.15, -0.1) is 0 Å². The summed E-state index contributed by atoms with van der Waals surface area (Å²) < 4.78 is 16.8. The van der Waals surface area contributed by atoms with Crippen LogP contribution in [-0.4, -0.2) is 37.2 Å². The molecule has 0 aliphatic rings. The molecule has 392 valence electrons. The Balaban J connectivity index is 4.50. The number of unbranched alkanes of at least 4 members (excludes halogenated alkanes) is 21. The molecule has 0 radical (unpaired) electrons. The predicted octanol–water partition coefficient (Wildman–Crippen LogP) is 19.1. The lowest BCUT2D eigenvalue weighted by Gasteiger charge is -2.18. The minimum absolute atomic E-state index is 0.107. The van der Waals surface area contributed by atoms with Crippen LogP contribution in [0.1, 0.15) is 252 Å². The second kappa shape index (κ2) is 56.7. The van der Waals surface area contributed by atoms with Crippen LogP contribution in [0.25, 0.3) is 0 Å². The van der Waals surface area contributed by atoms with Gasteiger partial charge in [0, 0.05) is 19.3 Å². The van der Waals surface area contributed by atoms with Crippen molar-refractivity contribution in [2.75, 3.05) is 13.2 Å². The van der Waals surface area contributed by atoms with Gasteiger partial charge in [-0.1, -0.05) is 220 Å². The second-order valence-electron chi connectivity index (χ2n) is 18.5. The van der Waals surface area contributed by atoms with Crippen molar-refractivity contribution in [3.63, 3.8) is 0 Å². The predicted molar refractivity (Wildman–Crippen MR) is 297 cm³/mol. The Kier molecular flexibility index (Phi) is 53.4. The summed E-state index contributed by atoms with van der Waals surface area (Å²) in [5.41, 5.74) is 0. The monoisotopic (exact) mass is 957 g/mol. The van der Waals surface area contributed by atoms with Gasteiger partial charge in [0.05, 0.1) is 0 Å². The van der Waals surface area contributed by atoms with E-state index in [0.717, 1.165) is 109 Å². The second-order valence-corrected chi connectivity index (χ2v) is 18.5. The molecule has 0 spiro atoms. The molecule has 69 heavy (non-hydrogen) atoms. The first-order valence-electron chi connectivity index (χ1n) is 28.4. The Bertz CT molecular complexity index is 1420. The first-order valence-corrected chi connectivity index (χ1v) is 28.4. The zero-order valence-electron chi connectivity index (χ0n) is 44.8. The van der Waals surface area contributed by atoms with E-state index in [1.807, 2.05) is 0 Å². The fourth-order valence-corrected chi connectivity index (χ4v) is 7.48. The molecule has 0 fully saturated rings. The van der Waals surface area contributed by atoms with Crippen molar-refractivity contribution >= 4 is 17.9 Å². The van der Waals surface area contributed by atoms with E-state index >= 15 is 0 Å². The number of allylic oxidation sites excluding steroid dienone is 18. The smallest absolute Gasteiger partial charge is 0.306 e. The van der Waals surface area contributed by atoms with Crippen LogP contribution in [0.4, 0.5) is 0 Å². The van der Waals surface area contributed by atoms with E-state index in [2.05, 4.69) is 130 Å². The lowest BCUT2D eigenvalue weighted by molar-refractivity contribution is -0.167. The Morgan fingerprint density at radius 1 is 0.304 bits per heavy atom. The summed E-state index contributed by atoms with van der Waals surface area (Å²) in [6.07, 6.45) is 76.5. The van der Waals surface area contributed by atoms with E-state index in [4.69, 9.17) is 14.2 Å². The van der Waals surface area contributed by atoms with Crippen LogP contribution < -0.4 is 0 Å². The highest BCUT2D eigenvalue weighted by atomic mass is 16.6. The van der Waals surface area contributed by atoms with Crippen molar-refractivity contribution in [3.05, 3.63) is 109 Å². The van der Waals surface area contributed by atoms with E-state index in [-0.39, 0.29) is 37.5 Å². The summed E-state index contributed by atoms with van der Waals surface area (Å²) in [6.45, 7) is 6.41. The average molecular weight is 958 g/mol. The SMILES string of the molecule is CC/C=C\C/C=C\C/C=C\CCCCCCCC(=O)OC[C@H](COC(=O)CCC/C=C\C/C=C\C/C=C\C/C=C\CCCCC)OC(=O)CCCCCCCCCCC/C=C\C/C=C\CCCCC. The summed E-state index contributed by atoms with van der Waals surface area (Å²) >= 11 is 0. The normalized spacial score (nSPS) is 12.9. The molecule has 0 aromatic heterocycles. The summed E-state index contributed by atoms with van der Waals surface area (Å²) in [4.78, 5) is 38.1. The van der Waals surface area contributed by atoms with Crippen molar-refractivity contribution in [2.45, 2.75) is 258 Å². The fraction of sp³-hybridized carbons (Fsp3) is 0.667. The lowest BCUT2D eigenvalue weighted by Crippen LogP contribution is -2.30. The zero-order valence-corrected chi connectivity index (χ0v) is 44.8. The van der Waals surface area contributed by atoms with Crippen LogP contribution in [0.3, 0.4) is 0 Å². The van der Waals surface area contributed by atoms with Crippen LogP contribution in [0.15, 0.2) is 109 Å². The standard InChI is InChI=1S/C63H104O6/c1-4-7-10-13-16-19-22-25-28-30-31-33-36-39-42-45-48-51-54-57-63(66)69-60(58-67-61(64)55-52-49-46-43-40-37-34-27-24-21-18-15-12-9-6-3)59-68-62(65)56-53-50-47-44-41-38-35-32-29-26-23-20-17-14-11-8-5-2/h9,12,16-21,25-29,34-35,38,44,47,60H,4-8,10-11,13-15,22-24,30-33,36-37,39-43,45-46,48-59H2,1-3H3/b12-9-,19-16-,20-17-,21-18-,28-25-,29-26-,34-27-,38-35-,47-44-/t60-/m1/s1. The highest BCUT2D eigenvalue weighted by Crippen LogP contribution is 2.14. The van der Waals surface area contributed by atoms with E-state index in [1.165, 1.54) is 96.3 Å². The number of ether oxygens (including phenoxy) is 3. The molecule has 0 unspecified atom stereocenters. The van der Waals surface area contributed by atoms with Gasteiger partial charge < -0.3 is 14.2 Å². The van der Waals surface area contributed by atoms with Crippen LogP contribution in [0.5, 0.6) is 0 Å². The third kappa shape index (κ3) is 54.9. The van der Waals surface area contributed by atoms with Gasteiger partial charge in [-0.25, -0.2) is 0 Å². The van der Waals surface area contributed by atoms with E-state index in [9.17, 15) is 14.4 Å². The summed E-state index contributed by atoms with van der Waals surface area (Å²) in [5, 5.41) is 0. The summed E-state index contributed by atoms with van der Waals surface area (Å²) in [5.74, 6) is -0.985. The molecule has 0 rings (SSSR count). The molecule has 0 aromatic rings.